The Morgan fingerprint density at radius 2 is 1.78 bits per heavy atom. The summed E-state index contributed by atoms with van der Waals surface area (Å²) < 4.78 is 19.7. The molecule has 0 saturated carbocycles. The highest BCUT2D eigenvalue weighted by atomic mass is 16.6. The number of aryl methyl sites for hydroxylation is 1. The van der Waals surface area contributed by atoms with Gasteiger partial charge in [0.2, 0.25) is 0 Å². The first-order valence-electron chi connectivity index (χ1n) is 15.9. The van der Waals surface area contributed by atoms with Crippen LogP contribution in [-0.2, 0) is 35.1 Å². The van der Waals surface area contributed by atoms with Crippen LogP contribution in [0.5, 0.6) is 0 Å². The normalized spacial score (nSPS) is 33.3. The van der Waals surface area contributed by atoms with E-state index in [4.69, 9.17) is 20.6 Å². The highest BCUT2D eigenvalue weighted by molar-refractivity contribution is 6.00. The summed E-state index contributed by atoms with van der Waals surface area (Å²) in [5.74, 6) is -2.08. The first-order valence-corrected chi connectivity index (χ1v) is 15.9. The van der Waals surface area contributed by atoms with Gasteiger partial charge >= 0.3 is 12.1 Å². The number of rotatable bonds is 7. The molecule has 2 aliphatic rings. The van der Waals surface area contributed by atoms with Gasteiger partial charge in [-0.15, -0.1) is 6.42 Å². The molecule has 244 valence electrons. The highest BCUT2D eigenvalue weighted by Crippen LogP contribution is 2.41. The van der Waals surface area contributed by atoms with Gasteiger partial charge in [0.25, 0.3) is 0 Å². The number of nitrogens with zero attached hydrogens (tertiary/aromatic N) is 4. The van der Waals surface area contributed by atoms with E-state index < -0.39 is 65.5 Å². The second-order valence-corrected chi connectivity index (χ2v) is 12.7. The van der Waals surface area contributed by atoms with Crippen molar-refractivity contribution in [1.29, 1.82) is 0 Å². The van der Waals surface area contributed by atoms with Crippen LogP contribution in [-0.4, -0.2) is 80.6 Å². The Kier molecular flexibility index (Phi) is 10.7. The van der Waals surface area contributed by atoms with Crippen molar-refractivity contribution in [3.05, 3.63) is 24.7 Å². The number of esters is 1. The third-order valence-electron chi connectivity index (χ3n) is 9.81. The zero-order valence-corrected chi connectivity index (χ0v) is 27.4. The molecule has 0 radical (unpaired) electrons. The molecule has 2 saturated heterocycles. The quantitative estimate of drug-likeness (QED) is 0.190. The van der Waals surface area contributed by atoms with Gasteiger partial charge in [-0.1, -0.05) is 33.6 Å². The van der Waals surface area contributed by atoms with Crippen LogP contribution in [0, 0.1) is 41.9 Å². The van der Waals surface area contributed by atoms with E-state index in [0.29, 0.717) is 25.9 Å². The van der Waals surface area contributed by atoms with Crippen molar-refractivity contribution in [3.63, 3.8) is 0 Å². The lowest BCUT2D eigenvalue weighted by molar-refractivity contribution is -0.171. The molecule has 2 aliphatic heterocycles. The Morgan fingerprint density at radius 1 is 1.07 bits per heavy atom. The lowest BCUT2D eigenvalue weighted by Crippen LogP contribution is -2.58. The minimum absolute atomic E-state index is 0.0890. The maximum absolute atomic E-state index is 14.1. The molecule has 2 aromatic heterocycles. The van der Waals surface area contributed by atoms with Gasteiger partial charge in [0.05, 0.1) is 24.4 Å². The number of ether oxygens (including phenoxy) is 3. The summed E-state index contributed by atoms with van der Waals surface area (Å²) in [5.41, 5.74) is 0.273. The van der Waals surface area contributed by atoms with Gasteiger partial charge < -0.3 is 23.7 Å². The monoisotopic (exact) mass is 622 g/mol. The zero-order valence-electron chi connectivity index (χ0n) is 27.4. The van der Waals surface area contributed by atoms with E-state index in [-0.39, 0.29) is 18.0 Å². The number of amides is 1. The molecule has 2 fully saturated rings. The third-order valence-corrected chi connectivity index (χ3v) is 9.81. The largest absolute Gasteiger partial charge is 0.458 e. The molecule has 11 nitrogen and oxygen atoms in total. The fourth-order valence-corrected chi connectivity index (χ4v) is 7.18. The van der Waals surface area contributed by atoms with Crippen LogP contribution >= 0.6 is 0 Å². The molecule has 2 aromatic rings. The second kappa shape index (κ2) is 14.1. The van der Waals surface area contributed by atoms with Crippen LogP contribution in [0.2, 0.25) is 0 Å². The number of imidazole rings is 1. The van der Waals surface area contributed by atoms with Crippen LogP contribution in [0.15, 0.2) is 24.7 Å². The van der Waals surface area contributed by atoms with E-state index >= 15 is 0 Å². The van der Waals surface area contributed by atoms with Crippen LogP contribution in [0.4, 0.5) is 4.79 Å². The van der Waals surface area contributed by atoms with Gasteiger partial charge in [0, 0.05) is 44.1 Å². The molecule has 0 N–H and O–H groups in total. The minimum atomic E-state index is -1.33. The summed E-state index contributed by atoms with van der Waals surface area (Å²) in [4.78, 5) is 64.9. The van der Waals surface area contributed by atoms with Crippen LogP contribution in [0.1, 0.15) is 67.2 Å². The molecule has 1 amide bonds. The standard InChI is InChI=1S/C34H46N4O7/c1-9-24-21(4)29(40)23(6)32(41)44-27(10-2)34(7)30(22(5)28(39)20(3)18-26(24)43-8)38(33(42)45-34)17-12-11-16-37-19-36-25-14-13-15-35-31(25)37/h1,13-15,19-24,26-27,30H,10-12,16-18H2,2-8H3/t20-,21-,22+,23-,24-,26-,27-,30-,34-/m1/s1. The number of carbonyl (C=O) groups is 4. The van der Waals surface area contributed by atoms with Crippen molar-refractivity contribution in [2.24, 2.45) is 29.6 Å². The molecule has 0 bridgehead atoms. The van der Waals surface area contributed by atoms with E-state index in [1.165, 1.54) is 14.0 Å². The number of cyclic esters (lactones) is 1. The average molecular weight is 623 g/mol. The number of Topliss-reactive ketones (excluding diaryl/α,β-unsaturated/α-hetero) is 2. The molecule has 4 heterocycles. The summed E-state index contributed by atoms with van der Waals surface area (Å²) in [6.07, 6.45) is 9.25. The lowest BCUT2D eigenvalue weighted by atomic mass is 9.74. The number of hydrogen-bond acceptors (Lipinski definition) is 9. The number of methoxy groups -OCH3 is 1. The second-order valence-electron chi connectivity index (χ2n) is 12.7. The topological polar surface area (TPSA) is 130 Å². The number of carbonyl (C=O) groups excluding carboxylic acids is 4. The zero-order chi connectivity index (χ0) is 33.1. The van der Waals surface area contributed by atoms with Crippen molar-refractivity contribution in [1.82, 2.24) is 19.4 Å². The Labute approximate surface area is 265 Å². The van der Waals surface area contributed by atoms with E-state index in [1.54, 1.807) is 38.2 Å². The molecule has 11 heteroatoms. The molecule has 0 spiro atoms. The van der Waals surface area contributed by atoms with Crippen molar-refractivity contribution in [3.8, 4) is 12.3 Å². The maximum Gasteiger partial charge on any atom is 0.410 e. The molecule has 9 atom stereocenters. The summed E-state index contributed by atoms with van der Waals surface area (Å²) in [5, 5.41) is 0. The fourth-order valence-electron chi connectivity index (χ4n) is 7.18. The van der Waals surface area contributed by atoms with Gasteiger partial charge in [0.1, 0.15) is 23.3 Å². The Hall–Kier alpha value is -3.78. The summed E-state index contributed by atoms with van der Waals surface area (Å²) in [6, 6.07) is 3.03. The number of ketones is 2. The maximum atomic E-state index is 14.1. The minimum Gasteiger partial charge on any atom is -0.458 e. The third kappa shape index (κ3) is 6.62. The number of aromatic nitrogens is 3. The van der Waals surface area contributed by atoms with Gasteiger partial charge in [-0.3, -0.25) is 14.4 Å². The molecule has 0 aromatic carbocycles. The van der Waals surface area contributed by atoms with Crippen molar-refractivity contribution in [2.45, 2.75) is 97.6 Å². The molecule has 45 heavy (non-hydrogen) atoms. The molecule has 4 rings (SSSR count). The van der Waals surface area contributed by atoms with Crippen LogP contribution in [0.25, 0.3) is 11.2 Å². The van der Waals surface area contributed by atoms with E-state index in [0.717, 1.165) is 17.6 Å². The number of pyridine rings is 1. The highest BCUT2D eigenvalue weighted by Gasteiger charge is 2.59. The summed E-state index contributed by atoms with van der Waals surface area (Å²) >= 11 is 0. The van der Waals surface area contributed by atoms with Gasteiger partial charge in [0.15, 0.2) is 17.0 Å². The molecule has 0 aliphatic carbocycles. The SMILES string of the molecule is C#C[C@H]1[C@H](OC)C[C@@H](C)C(=O)[C@H](C)[C@H]2N(CCCCn3cnc4cccnc43)C(=O)O[C@]2(C)[C@@H](CC)OC(=O)[C@H](C)C(=O)[C@@H]1C. The van der Waals surface area contributed by atoms with Crippen molar-refractivity contribution >= 4 is 34.8 Å². The smallest absolute Gasteiger partial charge is 0.410 e. The lowest BCUT2D eigenvalue weighted by Gasteiger charge is -2.41. The number of fused-ring (bicyclic) bond motifs is 2. The van der Waals surface area contributed by atoms with E-state index in [9.17, 15) is 19.2 Å². The van der Waals surface area contributed by atoms with Crippen LogP contribution < -0.4 is 0 Å². The van der Waals surface area contributed by atoms with Crippen molar-refractivity contribution < 1.29 is 33.4 Å². The molecular weight excluding hydrogens is 576 g/mol. The summed E-state index contributed by atoms with van der Waals surface area (Å²) in [7, 11) is 1.50. The van der Waals surface area contributed by atoms with Crippen molar-refractivity contribution in [2.75, 3.05) is 13.7 Å². The Bertz CT molecular complexity index is 1450. The van der Waals surface area contributed by atoms with Gasteiger partial charge in [-0.05, 0) is 51.7 Å². The fraction of sp³-hybridized carbons (Fsp3) is 0.647. The first kappa shape index (κ1) is 34.1. The number of terminal acetylenes is 1. The first-order chi connectivity index (χ1) is 21.4. The van der Waals surface area contributed by atoms with E-state index in [2.05, 4.69) is 15.9 Å². The molecular formula is C34H46N4O7. The van der Waals surface area contributed by atoms with E-state index in [1.807, 2.05) is 30.5 Å². The predicted octanol–water partition coefficient (Wildman–Crippen LogP) is 4.46. The average Bonchev–Trinajstić information content (AvgIpc) is 3.56. The summed E-state index contributed by atoms with van der Waals surface area (Å²) in [6.45, 7) is 11.3. The molecule has 0 unspecified atom stereocenters. The number of unbranched alkanes of at least 4 members (excludes halogenated alkanes) is 1. The van der Waals surface area contributed by atoms with Crippen LogP contribution in [0.3, 0.4) is 0 Å². The Morgan fingerprint density at radius 3 is 2.44 bits per heavy atom. The predicted molar refractivity (Wildman–Crippen MR) is 167 cm³/mol. The Balaban J connectivity index is 1.64. The van der Waals surface area contributed by atoms with Gasteiger partial charge in [-0.25, -0.2) is 14.8 Å². The number of hydrogen-bond donors (Lipinski definition) is 0. The van der Waals surface area contributed by atoms with Gasteiger partial charge in [-0.2, -0.15) is 0 Å².